The van der Waals surface area contributed by atoms with Gasteiger partial charge in [0.05, 0.1) is 18.8 Å². The highest BCUT2D eigenvalue weighted by Crippen LogP contribution is 2.14. The molecule has 2 rings (SSSR count). The van der Waals surface area contributed by atoms with Gasteiger partial charge >= 0.3 is 0 Å². The van der Waals surface area contributed by atoms with Gasteiger partial charge in [0, 0.05) is 5.69 Å². The van der Waals surface area contributed by atoms with Crippen LogP contribution in [0.5, 0.6) is 0 Å². The molecule has 1 amide bonds. The highest BCUT2D eigenvalue weighted by molar-refractivity contribution is 5.92. The molecular formula is C12H13NO2. The third-order valence-corrected chi connectivity index (χ3v) is 2.32. The number of amides is 1. The monoisotopic (exact) mass is 203 g/mol. The number of hydrogen-bond acceptors (Lipinski definition) is 2. The molecule has 1 aromatic carbocycles. The molecule has 0 radical (unpaired) electrons. The van der Waals surface area contributed by atoms with Crippen LogP contribution in [0.1, 0.15) is 6.42 Å². The number of rotatable bonds is 2. The lowest BCUT2D eigenvalue weighted by Crippen LogP contribution is -2.27. The number of nitrogens with one attached hydrogen (secondary N) is 1. The van der Waals surface area contributed by atoms with Crippen molar-refractivity contribution in [3.05, 3.63) is 42.7 Å². The van der Waals surface area contributed by atoms with E-state index < -0.39 is 0 Å². The molecule has 1 aromatic rings. The Morgan fingerprint density at radius 1 is 1.33 bits per heavy atom. The molecule has 15 heavy (non-hydrogen) atoms. The van der Waals surface area contributed by atoms with Gasteiger partial charge in [-0.15, -0.1) is 0 Å². The van der Waals surface area contributed by atoms with Gasteiger partial charge in [-0.25, -0.2) is 0 Å². The number of benzene rings is 1. The zero-order valence-corrected chi connectivity index (χ0v) is 8.35. The fourth-order valence-corrected chi connectivity index (χ4v) is 1.48. The second kappa shape index (κ2) is 4.64. The summed E-state index contributed by atoms with van der Waals surface area (Å²) >= 11 is 0. The zero-order valence-electron chi connectivity index (χ0n) is 8.35. The maximum atomic E-state index is 11.7. The van der Waals surface area contributed by atoms with Gasteiger partial charge in [0.2, 0.25) is 5.91 Å². The van der Waals surface area contributed by atoms with E-state index in [-0.39, 0.29) is 11.8 Å². The summed E-state index contributed by atoms with van der Waals surface area (Å²) in [5.74, 6) is -0.0549. The van der Waals surface area contributed by atoms with E-state index in [1.54, 1.807) is 6.26 Å². The second-order valence-electron chi connectivity index (χ2n) is 3.49. The summed E-state index contributed by atoms with van der Waals surface area (Å²) in [4.78, 5) is 11.7. The molecule has 0 aromatic heterocycles. The van der Waals surface area contributed by atoms with E-state index >= 15 is 0 Å². The first kappa shape index (κ1) is 9.77. The molecule has 1 atom stereocenters. The van der Waals surface area contributed by atoms with Crippen molar-refractivity contribution < 1.29 is 9.53 Å². The van der Waals surface area contributed by atoms with Crippen molar-refractivity contribution in [1.82, 2.24) is 0 Å². The van der Waals surface area contributed by atoms with E-state index in [9.17, 15) is 4.79 Å². The molecule has 1 N–H and O–H groups in total. The predicted molar refractivity (Wildman–Crippen MR) is 58.3 cm³/mol. The van der Waals surface area contributed by atoms with Crippen molar-refractivity contribution in [3.63, 3.8) is 0 Å². The van der Waals surface area contributed by atoms with Crippen LogP contribution in [0.25, 0.3) is 0 Å². The van der Waals surface area contributed by atoms with E-state index in [0.29, 0.717) is 6.61 Å². The Morgan fingerprint density at radius 2 is 2.13 bits per heavy atom. The summed E-state index contributed by atoms with van der Waals surface area (Å²) < 4.78 is 5.10. The molecule has 0 fully saturated rings. The van der Waals surface area contributed by atoms with Crippen LogP contribution in [0.3, 0.4) is 0 Å². The maximum Gasteiger partial charge on any atom is 0.231 e. The van der Waals surface area contributed by atoms with Crippen LogP contribution in [0.15, 0.2) is 42.7 Å². The van der Waals surface area contributed by atoms with E-state index in [4.69, 9.17) is 4.74 Å². The molecule has 1 unspecified atom stereocenters. The summed E-state index contributed by atoms with van der Waals surface area (Å²) in [5.41, 5.74) is 0.831. The number of hydrogen-bond donors (Lipinski definition) is 1. The Labute approximate surface area is 88.8 Å². The van der Waals surface area contributed by atoms with Crippen molar-refractivity contribution in [1.29, 1.82) is 0 Å². The fourth-order valence-electron chi connectivity index (χ4n) is 1.48. The number of carbonyl (C=O) groups is 1. The van der Waals surface area contributed by atoms with Gasteiger partial charge in [0.1, 0.15) is 0 Å². The minimum absolute atomic E-state index is 0.0190. The fraction of sp³-hybridized carbons (Fsp3) is 0.250. The second-order valence-corrected chi connectivity index (χ2v) is 3.49. The molecular weight excluding hydrogens is 190 g/mol. The average Bonchev–Trinajstić information content (AvgIpc) is 2.31. The lowest BCUT2D eigenvalue weighted by molar-refractivity contribution is -0.121. The van der Waals surface area contributed by atoms with Crippen LogP contribution in [-0.4, -0.2) is 12.5 Å². The minimum Gasteiger partial charge on any atom is -0.501 e. The van der Waals surface area contributed by atoms with Crippen LogP contribution in [-0.2, 0) is 9.53 Å². The quantitative estimate of drug-likeness (QED) is 0.800. The largest absolute Gasteiger partial charge is 0.501 e. The van der Waals surface area contributed by atoms with Crippen molar-refractivity contribution in [3.8, 4) is 0 Å². The topological polar surface area (TPSA) is 38.3 Å². The number of carbonyl (C=O) groups excluding carboxylic acids is 1. The van der Waals surface area contributed by atoms with Gasteiger partial charge in [-0.3, -0.25) is 4.79 Å². The van der Waals surface area contributed by atoms with Crippen LogP contribution >= 0.6 is 0 Å². The first-order chi connectivity index (χ1) is 7.36. The number of para-hydroxylation sites is 1. The third kappa shape index (κ3) is 2.59. The average molecular weight is 203 g/mol. The standard InChI is InChI=1S/C12H13NO2/c14-12(10-5-4-8-15-9-10)13-11-6-2-1-3-7-11/h1-4,6-8,10H,5,9H2,(H,13,14). The SMILES string of the molecule is O=C(Nc1ccccc1)C1CC=COC1. The Balaban J connectivity index is 1.95. The smallest absolute Gasteiger partial charge is 0.231 e. The van der Waals surface area contributed by atoms with Gasteiger partial charge in [-0.05, 0) is 24.6 Å². The minimum atomic E-state index is -0.0739. The first-order valence-electron chi connectivity index (χ1n) is 4.99. The van der Waals surface area contributed by atoms with E-state index in [1.165, 1.54) is 0 Å². The maximum absolute atomic E-state index is 11.7. The number of ether oxygens (including phenoxy) is 1. The third-order valence-electron chi connectivity index (χ3n) is 2.32. The molecule has 0 aliphatic carbocycles. The van der Waals surface area contributed by atoms with Crippen molar-refractivity contribution in [2.24, 2.45) is 5.92 Å². The Hall–Kier alpha value is -1.77. The van der Waals surface area contributed by atoms with E-state index in [2.05, 4.69) is 5.32 Å². The molecule has 0 saturated heterocycles. The molecule has 0 bridgehead atoms. The molecule has 0 spiro atoms. The molecule has 3 nitrogen and oxygen atoms in total. The molecule has 0 saturated carbocycles. The summed E-state index contributed by atoms with van der Waals surface area (Å²) in [6, 6.07) is 9.46. The van der Waals surface area contributed by atoms with Crippen molar-refractivity contribution in [2.45, 2.75) is 6.42 Å². The molecule has 3 heteroatoms. The summed E-state index contributed by atoms with van der Waals surface area (Å²) in [5, 5.41) is 2.86. The molecule has 1 aliphatic heterocycles. The van der Waals surface area contributed by atoms with E-state index in [1.807, 2.05) is 36.4 Å². The van der Waals surface area contributed by atoms with Gasteiger partial charge in [-0.1, -0.05) is 18.2 Å². The van der Waals surface area contributed by atoms with Crippen LogP contribution in [0.4, 0.5) is 5.69 Å². The highest BCUT2D eigenvalue weighted by Gasteiger charge is 2.19. The van der Waals surface area contributed by atoms with Gasteiger partial charge in [0.25, 0.3) is 0 Å². The Morgan fingerprint density at radius 3 is 2.80 bits per heavy atom. The van der Waals surface area contributed by atoms with Gasteiger partial charge in [-0.2, -0.15) is 0 Å². The number of allylic oxidation sites excluding steroid dienone is 1. The number of anilines is 1. The predicted octanol–water partition coefficient (Wildman–Crippen LogP) is 2.18. The van der Waals surface area contributed by atoms with Crippen LogP contribution in [0.2, 0.25) is 0 Å². The lowest BCUT2D eigenvalue weighted by atomic mass is 10.0. The van der Waals surface area contributed by atoms with Crippen molar-refractivity contribution in [2.75, 3.05) is 11.9 Å². The van der Waals surface area contributed by atoms with E-state index in [0.717, 1.165) is 12.1 Å². The van der Waals surface area contributed by atoms with Gasteiger partial charge < -0.3 is 10.1 Å². The Bertz CT molecular complexity index is 359. The highest BCUT2D eigenvalue weighted by atomic mass is 16.5. The lowest BCUT2D eigenvalue weighted by Gasteiger charge is -2.17. The molecule has 78 valence electrons. The van der Waals surface area contributed by atoms with Crippen LogP contribution in [0, 0.1) is 5.92 Å². The van der Waals surface area contributed by atoms with Crippen molar-refractivity contribution >= 4 is 11.6 Å². The first-order valence-corrected chi connectivity index (χ1v) is 4.99. The molecule has 1 aliphatic rings. The summed E-state index contributed by atoms with van der Waals surface area (Å²) in [7, 11) is 0. The Kier molecular flexibility index (Phi) is 3.02. The zero-order chi connectivity index (χ0) is 10.5. The van der Waals surface area contributed by atoms with Crippen LogP contribution < -0.4 is 5.32 Å². The van der Waals surface area contributed by atoms with Gasteiger partial charge in [0.15, 0.2) is 0 Å². The summed E-state index contributed by atoms with van der Waals surface area (Å²) in [6.07, 6.45) is 4.27. The normalized spacial score (nSPS) is 19.3. The molecule has 1 heterocycles. The summed E-state index contributed by atoms with van der Waals surface area (Å²) in [6.45, 7) is 0.467.